The molecule has 2 heterocycles. The van der Waals surface area contributed by atoms with E-state index in [1.54, 1.807) is 0 Å². The molecule has 0 spiro atoms. The van der Waals surface area contributed by atoms with Gasteiger partial charge in [0.2, 0.25) is 0 Å². The molecule has 34 heavy (non-hydrogen) atoms. The Balaban J connectivity index is 0. The van der Waals surface area contributed by atoms with Crippen LogP contribution in [-0.2, 0) is 37.2 Å². The van der Waals surface area contributed by atoms with Gasteiger partial charge in [0.25, 0.3) is 11.5 Å². The topological polar surface area (TPSA) is 319 Å². The summed E-state index contributed by atoms with van der Waals surface area (Å²) in [6, 6.07) is 0. The quantitative estimate of drug-likeness (QED) is 0.0893. The largest absolute Gasteiger partial charge is 2.00 e. The van der Waals surface area contributed by atoms with Gasteiger partial charge in [0.15, 0.2) is 23.7 Å². The fraction of sp³-hybridized carbons (Fsp3) is 0.500. The van der Waals surface area contributed by atoms with Gasteiger partial charge < -0.3 is 77.9 Å². The number of carbonyl (C=O) groups excluding carboxylic acids is 2. The summed E-state index contributed by atoms with van der Waals surface area (Å²) in [6.45, 7) is -1.69. The van der Waals surface area contributed by atoms with Crippen LogP contribution in [0.5, 0.6) is 0 Å². The van der Waals surface area contributed by atoms with Crippen molar-refractivity contribution in [1.29, 1.82) is 0 Å². The predicted molar refractivity (Wildman–Crippen MR) is 94.1 cm³/mol. The van der Waals surface area contributed by atoms with Gasteiger partial charge in [-0.3, -0.25) is 0 Å². The normalized spacial score (nSPS) is 21.9. The first-order chi connectivity index (χ1) is 14.5. The van der Waals surface area contributed by atoms with Crippen LogP contribution in [0.3, 0.4) is 0 Å². The molecular weight excluding hydrogens is 558 g/mol. The van der Waals surface area contributed by atoms with Gasteiger partial charge in [-0.25, -0.2) is 9.59 Å². The van der Waals surface area contributed by atoms with Crippen molar-refractivity contribution in [3.63, 3.8) is 0 Å². The van der Waals surface area contributed by atoms with E-state index in [2.05, 4.69) is 18.5 Å². The number of hydrogen-bond acceptors (Lipinski definition) is 18. The number of hydrogen-bond donors (Lipinski definition) is 6. The van der Waals surface area contributed by atoms with Gasteiger partial charge >= 0.3 is 72.7 Å². The molecular formula is C12H14CaMgO18P2. The molecule has 0 aromatic rings. The molecule has 0 unspecified atom stereocenters. The molecule has 2 aliphatic heterocycles. The number of aliphatic hydroxyl groups excluding tert-OH is 6. The number of ether oxygens (including phenoxy) is 2. The maximum Gasteiger partial charge on any atom is 2.00 e. The van der Waals surface area contributed by atoms with E-state index in [-0.39, 0.29) is 60.8 Å². The van der Waals surface area contributed by atoms with Crippen LogP contribution in [0.4, 0.5) is 0 Å². The minimum absolute atomic E-state index is 0. The first-order valence-corrected chi connectivity index (χ1v) is 10.7. The van der Waals surface area contributed by atoms with Crippen molar-refractivity contribution >= 4 is 88.4 Å². The Morgan fingerprint density at radius 3 is 1.26 bits per heavy atom. The Kier molecular flexibility index (Phi) is 15.3. The van der Waals surface area contributed by atoms with Crippen molar-refractivity contribution in [3.05, 3.63) is 23.0 Å². The van der Waals surface area contributed by atoms with Crippen LogP contribution in [0.1, 0.15) is 0 Å². The van der Waals surface area contributed by atoms with Crippen LogP contribution >= 0.6 is 15.6 Å². The maximum absolute atomic E-state index is 10.9. The second kappa shape index (κ2) is 14.5. The van der Waals surface area contributed by atoms with Crippen molar-refractivity contribution in [2.24, 2.45) is 0 Å². The smallest absolute Gasteiger partial charge is 0.780 e. The fourth-order valence-corrected chi connectivity index (χ4v) is 2.80. The maximum atomic E-state index is 10.9. The summed E-state index contributed by atoms with van der Waals surface area (Å²) in [6.07, 6.45) is -6.61. The summed E-state index contributed by atoms with van der Waals surface area (Å²) in [5.74, 6) is -7.35. The van der Waals surface area contributed by atoms with Crippen LogP contribution in [0.15, 0.2) is 23.0 Å². The van der Waals surface area contributed by atoms with Crippen molar-refractivity contribution in [2.45, 2.75) is 24.4 Å². The summed E-state index contributed by atoms with van der Waals surface area (Å²) in [7, 11) is -11.0. The van der Waals surface area contributed by atoms with E-state index < -0.39 is 88.3 Å². The molecule has 184 valence electrons. The van der Waals surface area contributed by atoms with Gasteiger partial charge in [-0.1, -0.05) is 0 Å². The van der Waals surface area contributed by atoms with E-state index in [1.807, 2.05) is 0 Å². The van der Waals surface area contributed by atoms with Crippen LogP contribution in [-0.4, -0.2) is 141 Å². The van der Waals surface area contributed by atoms with Gasteiger partial charge in [0, 0.05) is 0 Å². The zero-order valence-corrected chi connectivity index (χ0v) is 22.0. The average molecular weight is 573 g/mol. The van der Waals surface area contributed by atoms with E-state index in [1.165, 1.54) is 0 Å². The molecule has 0 aliphatic carbocycles. The van der Waals surface area contributed by atoms with Crippen molar-refractivity contribution in [2.75, 3.05) is 13.2 Å². The van der Waals surface area contributed by atoms with E-state index in [0.717, 1.165) is 0 Å². The number of aliphatic hydroxyl groups is 6. The van der Waals surface area contributed by atoms with Crippen LogP contribution in [0.2, 0.25) is 0 Å². The second-order valence-electron chi connectivity index (χ2n) is 5.66. The fourth-order valence-electron chi connectivity index (χ4n) is 2.02. The number of phosphoric ester groups is 2. The number of cyclic esters (lactones) is 2. The number of esters is 2. The summed E-state index contributed by atoms with van der Waals surface area (Å²) >= 11 is 0. The summed E-state index contributed by atoms with van der Waals surface area (Å²) in [5.41, 5.74) is 0. The molecule has 0 fully saturated rings. The molecule has 2 rings (SSSR count). The Morgan fingerprint density at radius 1 is 0.794 bits per heavy atom. The van der Waals surface area contributed by atoms with Crippen molar-refractivity contribution < 1.29 is 87.5 Å². The molecule has 0 saturated heterocycles. The van der Waals surface area contributed by atoms with Gasteiger partial charge in [0.05, 0.1) is 13.2 Å². The third kappa shape index (κ3) is 10.4. The second-order valence-corrected chi connectivity index (χ2v) is 7.81. The predicted octanol–water partition coefficient (Wildman–Crippen LogP) is -7.00. The first-order valence-electron chi connectivity index (χ1n) is 7.81. The molecule has 0 amide bonds. The molecule has 0 aromatic carbocycles. The SMILES string of the molecule is O=C1O[C@H]([C@@H](O)CO)C(O)=C1OP(=O)([O-])[O-].O=C1O[C@H]([C@@H](O)CO)C(O)=C1OP(=O)([O-])[O-].[Ca+2].[Mg+2]. The zero-order valence-electron chi connectivity index (χ0n) is 16.6. The van der Waals surface area contributed by atoms with Crippen molar-refractivity contribution in [3.8, 4) is 0 Å². The summed E-state index contributed by atoms with van der Waals surface area (Å²) in [4.78, 5) is 62.7. The molecule has 18 nitrogen and oxygen atoms in total. The average Bonchev–Trinajstić information content (AvgIpc) is 3.10. The Morgan fingerprint density at radius 2 is 1.06 bits per heavy atom. The Bertz CT molecular complexity index is 821. The van der Waals surface area contributed by atoms with E-state index >= 15 is 0 Å². The molecule has 0 aromatic heterocycles. The van der Waals surface area contributed by atoms with Gasteiger partial charge in [0.1, 0.15) is 27.9 Å². The van der Waals surface area contributed by atoms with E-state index in [0.29, 0.717) is 0 Å². The zero-order chi connectivity index (χ0) is 25.0. The number of carbonyl (C=O) groups is 2. The third-order valence-corrected chi connectivity index (χ3v) is 4.13. The molecule has 22 heteroatoms. The molecule has 0 saturated carbocycles. The van der Waals surface area contributed by atoms with Gasteiger partial charge in [-0.05, 0) is 0 Å². The minimum atomic E-state index is -5.52. The summed E-state index contributed by atoms with van der Waals surface area (Å²) < 4.78 is 36.3. The first kappa shape index (κ1) is 35.9. The van der Waals surface area contributed by atoms with Crippen molar-refractivity contribution in [1.82, 2.24) is 0 Å². The van der Waals surface area contributed by atoms with Gasteiger partial charge in [-0.2, -0.15) is 0 Å². The number of phosphoric acid groups is 2. The number of rotatable bonds is 8. The Hall–Kier alpha value is -0.214. The molecule has 2 aliphatic rings. The van der Waals surface area contributed by atoms with Crippen LogP contribution in [0, 0.1) is 0 Å². The van der Waals surface area contributed by atoms with E-state index in [9.17, 15) is 48.5 Å². The monoisotopic (exact) mass is 572 g/mol. The van der Waals surface area contributed by atoms with Gasteiger partial charge in [-0.15, -0.1) is 0 Å². The minimum Gasteiger partial charge on any atom is -0.780 e. The molecule has 6 N–H and O–H groups in total. The molecule has 0 bridgehead atoms. The standard InChI is InChI=1S/2C6H9O9P.Ca.Mg/c2*7-1-2(8)4-3(9)5(6(10)14-4)15-16(11,12)13;;/h2*2,4,7-9H,1H2,(H2,11,12,13);;/q;;2*+2/p-4/t2*2-,4+;;/m00../s1. The Labute approximate surface area is 235 Å². The van der Waals surface area contributed by atoms with E-state index in [4.69, 9.17) is 20.4 Å². The molecule has 4 atom stereocenters. The third-order valence-electron chi connectivity index (χ3n) is 3.32. The van der Waals surface area contributed by atoms with Crippen LogP contribution in [0.25, 0.3) is 0 Å². The summed E-state index contributed by atoms with van der Waals surface area (Å²) in [5, 5.41) is 53.6. The van der Waals surface area contributed by atoms with Crippen LogP contribution < -0.4 is 19.6 Å². The molecule has 0 radical (unpaired) electrons.